The number of nitrogens with one attached hydrogen (secondary N) is 1. The molecule has 16 heavy (non-hydrogen) atoms. The third-order valence-corrected chi connectivity index (χ3v) is 2.41. The smallest absolute Gasteiger partial charge is 0.308 e. The Bertz CT molecular complexity index is 198. The van der Waals surface area contributed by atoms with E-state index in [9.17, 15) is 9.90 Å². The van der Waals surface area contributed by atoms with Crippen molar-refractivity contribution in [2.45, 2.75) is 32.4 Å². The van der Waals surface area contributed by atoms with E-state index in [0.717, 1.165) is 6.54 Å². The zero-order valence-corrected chi connectivity index (χ0v) is 10.7. The van der Waals surface area contributed by atoms with Gasteiger partial charge in [0.25, 0.3) is 0 Å². The van der Waals surface area contributed by atoms with E-state index in [4.69, 9.17) is 4.74 Å². The van der Waals surface area contributed by atoms with Crippen molar-refractivity contribution < 1.29 is 14.6 Å². The molecule has 96 valence electrons. The number of aliphatic hydroxyl groups is 1. The molecule has 5 heteroatoms. The normalized spacial score (nSPS) is 14.9. The molecular weight excluding hydrogens is 208 g/mol. The monoisotopic (exact) mass is 232 g/mol. The number of hydrogen-bond donors (Lipinski definition) is 2. The van der Waals surface area contributed by atoms with Gasteiger partial charge in [-0.3, -0.25) is 4.79 Å². The van der Waals surface area contributed by atoms with Crippen LogP contribution in [0.3, 0.4) is 0 Å². The first kappa shape index (κ1) is 15.3. The van der Waals surface area contributed by atoms with Crippen LogP contribution < -0.4 is 5.32 Å². The molecule has 0 spiro atoms. The van der Waals surface area contributed by atoms with Gasteiger partial charge in [-0.05, 0) is 27.9 Å². The van der Waals surface area contributed by atoms with Gasteiger partial charge in [0, 0.05) is 19.1 Å². The molecule has 0 rings (SSSR count). The summed E-state index contributed by atoms with van der Waals surface area (Å²) in [5, 5.41) is 12.6. The molecule has 0 aromatic rings. The Morgan fingerprint density at radius 1 is 1.44 bits per heavy atom. The number of aliphatic hydroxyl groups excluding tert-OH is 1. The molecule has 0 aliphatic heterocycles. The summed E-state index contributed by atoms with van der Waals surface area (Å²) in [5.41, 5.74) is 0. The summed E-state index contributed by atoms with van der Waals surface area (Å²) in [6, 6.07) is 0.398. The van der Waals surface area contributed by atoms with Crippen molar-refractivity contribution in [3.8, 4) is 0 Å². The fourth-order valence-electron chi connectivity index (χ4n) is 1.13. The summed E-state index contributed by atoms with van der Waals surface area (Å²) in [5.74, 6) is -0.350. The Morgan fingerprint density at radius 3 is 2.56 bits per heavy atom. The Kier molecular flexibility index (Phi) is 8.15. The number of carbonyl (C=O) groups excluding carboxylic acids is 1. The molecule has 0 bridgehead atoms. The molecule has 0 fully saturated rings. The number of ether oxygens (including phenoxy) is 1. The van der Waals surface area contributed by atoms with E-state index in [1.165, 1.54) is 0 Å². The van der Waals surface area contributed by atoms with Gasteiger partial charge >= 0.3 is 5.97 Å². The highest BCUT2D eigenvalue weighted by Crippen LogP contribution is 1.94. The number of carbonyl (C=O) groups is 1. The van der Waals surface area contributed by atoms with E-state index in [1.807, 2.05) is 14.1 Å². The van der Waals surface area contributed by atoms with E-state index >= 15 is 0 Å². The summed E-state index contributed by atoms with van der Waals surface area (Å²) in [4.78, 5) is 13.1. The fraction of sp³-hybridized carbons (Fsp3) is 0.909. The Morgan fingerprint density at radius 2 is 2.06 bits per heavy atom. The van der Waals surface area contributed by atoms with Crippen molar-refractivity contribution in [1.82, 2.24) is 10.2 Å². The Balaban J connectivity index is 3.57. The van der Waals surface area contributed by atoms with Crippen molar-refractivity contribution in [1.29, 1.82) is 0 Å². The number of hydrogen-bond acceptors (Lipinski definition) is 5. The van der Waals surface area contributed by atoms with Crippen molar-refractivity contribution >= 4 is 5.97 Å². The molecule has 0 saturated heterocycles. The third-order valence-electron chi connectivity index (χ3n) is 2.41. The summed E-state index contributed by atoms with van der Waals surface area (Å²) in [6.45, 7) is 5.40. The molecule has 0 amide bonds. The lowest BCUT2D eigenvalue weighted by molar-refractivity contribution is -0.145. The molecule has 0 saturated carbocycles. The van der Waals surface area contributed by atoms with Crippen LogP contribution in [0.1, 0.15) is 20.3 Å². The van der Waals surface area contributed by atoms with Crippen LogP contribution in [0.2, 0.25) is 0 Å². The van der Waals surface area contributed by atoms with Gasteiger partial charge in [0.15, 0.2) is 0 Å². The molecule has 0 aliphatic carbocycles. The maximum atomic E-state index is 11.0. The first-order chi connectivity index (χ1) is 7.47. The molecule has 0 aliphatic rings. The highest BCUT2D eigenvalue weighted by molar-refractivity contribution is 5.69. The molecule has 0 radical (unpaired) electrons. The topological polar surface area (TPSA) is 61.8 Å². The lowest BCUT2D eigenvalue weighted by atomic mass is 10.2. The minimum Gasteiger partial charge on any atom is -0.466 e. The second-order valence-electron chi connectivity index (χ2n) is 4.13. The lowest BCUT2D eigenvalue weighted by Crippen LogP contribution is -2.39. The van der Waals surface area contributed by atoms with Gasteiger partial charge in [0.1, 0.15) is 0 Å². The van der Waals surface area contributed by atoms with Gasteiger partial charge < -0.3 is 20.1 Å². The highest BCUT2D eigenvalue weighted by atomic mass is 16.5. The van der Waals surface area contributed by atoms with E-state index in [1.54, 1.807) is 6.92 Å². The van der Waals surface area contributed by atoms with Crippen molar-refractivity contribution in [3.05, 3.63) is 0 Å². The summed E-state index contributed by atoms with van der Waals surface area (Å²) in [6.07, 6.45) is -0.620. The SMILES string of the molecule is CCOC(=O)CC(O)CNCC(C)N(C)C. The van der Waals surface area contributed by atoms with Crippen LogP contribution in [-0.2, 0) is 9.53 Å². The summed E-state index contributed by atoms with van der Waals surface area (Å²) in [7, 11) is 4.00. The maximum absolute atomic E-state index is 11.0. The van der Waals surface area contributed by atoms with Gasteiger partial charge in [-0.25, -0.2) is 0 Å². The minimum absolute atomic E-state index is 0.0528. The number of nitrogens with zero attached hydrogens (tertiary/aromatic N) is 1. The molecular formula is C11H24N2O3. The van der Waals surface area contributed by atoms with Crippen LogP contribution in [0.4, 0.5) is 0 Å². The van der Waals surface area contributed by atoms with Crippen molar-refractivity contribution in [2.75, 3.05) is 33.8 Å². The maximum Gasteiger partial charge on any atom is 0.308 e. The van der Waals surface area contributed by atoms with E-state index < -0.39 is 6.10 Å². The highest BCUT2D eigenvalue weighted by Gasteiger charge is 2.12. The molecule has 2 N–H and O–H groups in total. The van der Waals surface area contributed by atoms with Gasteiger partial charge in [-0.15, -0.1) is 0 Å². The fourth-order valence-corrected chi connectivity index (χ4v) is 1.13. The van der Waals surface area contributed by atoms with Crippen molar-refractivity contribution in [2.24, 2.45) is 0 Å². The van der Waals surface area contributed by atoms with Crippen LogP contribution in [0.5, 0.6) is 0 Å². The molecule has 0 aromatic carbocycles. The molecule has 5 nitrogen and oxygen atoms in total. The first-order valence-electron chi connectivity index (χ1n) is 5.68. The number of likely N-dealkylation sites (N-methyl/N-ethyl adjacent to an activating group) is 1. The molecule has 0 heterocycles. The van der Waals surface area contributed by atoms with E-state index in [0.29, 0.717) is 19.2 Å². The largest absolute Gasteiger partial charge is 0.466 e. The second kappa shape index (κ2) is 8.50. The van der Waals surface area contributed by atoms with Crippen LogP contribution in [0.25, 0.3) is 0 Å². The predicted molar refractivity (Wildman–Crippen MR) is 63.3 cm³/mol. The Labute approximate surface area is 97.8 Å². The third kappa shape index (κ3) is 7.62. The van der Waals surface area contributed by atoms with Crippen LogP contribution in [-0.4, -0.2) is 61.9 Å². The van der Waals surface area contributed by atoms with E-state index in [2.05, 4.69) is 17.1 Å². The van der Waals surface area contributed by atoms with Crippen LogP contribution >= 0.6 is 0 Å². The zero-order valence-electron chi connectivity index (χ0n) is 10.7. The predicted octanol–water partition coefficient (Wildman–Crippen LogP) is -0.160. The standard InChI is InChI=1S/C11H24N2O3/c1-5-16-11(15)6-10(14)8-12-7-9(2)13(3)4/h9-10,12,14H,5-8H2,1-4H3. The zero-order chi connectivity index (χ0) is 12.6. The van der Waals surface area contributed by atoms with Crippen LogP contribution in [0.15, 0.2) is 0 Å². The molecule has 2 atom stereocenters. The lowest BCUT2D eigenvalue weighted by Gasteiger charge is -2.20. The summed E-state index contributed by atoms with van der Waals surface area (Å²) < 4.78 is 4.74. The quantitative estimate of drug-likeness (QED) is 0.569. The van der Waals surface area contributed by atoms with Gasteiger partial charge in [-0.2, -0.15) is 0 Å². The molecule has 0 aromatic heterocycles. The van der Waals surface area contributed by atoms with Crippen molar-refractivity contribution in [3.63, 3.8) is 0 Å². The average Bonchev–Trinajstić information content (AvgIpc) is 2.17. The van der Waals surface area contributed by atoms with Gasteiger partial charge in [-0.1, -0.05) is 0 Å². The summed E-state index contributed by atoms with van der Waals surface area (Å²) >= 11 is 0. The average molecular weight is 232 g/mol. The minimum atomic E-state index is -0.673. The number of esters is 1. The Hall–Kier alpha value is -0.650. The van der Waals surface area contributed by atoms with Crippen LogP contribution in [0, 0.1) is 0 Å². The van der Waals surface area contributed by atoms with E-state index in [-0.39, 0.29) is 12.4 Å². The number of rotatable bonds is 8. The first-order valence-corrected chi connectivity index (χ1v) is 5.68. The van der Waals surface area contributed by atoms with Gasteiger partial charge in [0.2, 0.25) is 0 Å². The van der Waals surface area contributed by atoms with Gasteiger partial charge in [0.05, 0.1) is 19.1 Å². The second-order valence-corrected chi connectivity index (χ2v) is 4.13. The molecule has 2 unspecified atom stereocenters.